The summed E-state index contributed by atoms with van der Waals surface area (Å²) in [6.45, 7) is 1.38. The van der Waals surface area contributed by atoms with Crippen LogP contribution in [0.5, 0.6) is 0 Å². The van der Waals surface area contributed by atoms with E-state index in [1.165, 1.54) is 19.2 Å². The van der Waals surface area contributed by atoms with Crippen LogP contribution in [-0.4, -0.2) is 4.98 Å². The van der Waals surface area contributed by atoms with Crippen molar-refractivity contribution in [3.8, 4) is 0 Å². The van der Waals surface area contributed by atoms with Crippen LogP contribution >= 0.6 is 0 Å². The van der Waals surface area contributed by atoms with E-state index in [2.05, 4.69) is 4.98 Å². The zero-order chi connectivity index (χ0) is 9.47. The highest BCUT2D eigenvalue weighted by molar-refractivity contribution is 5.56. The van der Waals surface area contributed by atoms with E-state index in [9.17, 15) is 8.78 Å². The molecule has 1 aromatic heterocycles. The van der Waals surface area contributed by atoms with Gasteiger partial charge in [-0.15, -0.1) is 0 Å². The van der Waals surface area contributed by atoms with Gasteiger partial charge in [0.25, 0.3) is 0 Å². The second kappa shape index (κ2) is 2.62. The fraction of sp³-hybridized carbons (Fsp3) is 0.300. The van der Waals surface area contributed by atoms with Crippen molar-refractivity contribution in [3.63, 3.8) is 0 Å². The second-order valence-corrected chi connectivity index (χ2v) is 3.40. The fourth-order valence-electron chi connectivity index (χ4n) is 1.59. The smallest absolute Gasteiger partial charge is 0.141 e. The van der Waals surface area contributed by atoms with Crippen LogP contribution in [0.4, 0.5) is 8.78 Å². The summed E-state index contributed by atoms with van der Waals surface area (Å²) in [4.78, 5) is 3.91. The second-order valence-electron chi connectivity index (χ2n) is 3.40. The third-order valence-corrected chi connectivity index (χ3v) is 2.19. The van der Waals surface area contributed by atoms with Gasteiger partial charge in [-0.05, 0) is 19.1 Å². The summed E-state index contributed by atoms with van der Waals surface area (Å²) >= 11 is 0. The van der Waals surface area contributed by atoms with E-state index in [-0.39, 0.29) is 6.42 Å². The van der Waals surface area contributed by atoms with Gasteiger partial charge in [0.1, 0.15) is 11.5 Å². The maximum atomic E-state index is 13.8. The third-order valence-electron chi connectivity index (χ3n) is 2.19. The van der Waals surface area contributed by atoms with Crippen molar-refractivity contribution in [2.45, 2.75) is 19.0 Å². The van der Waals surface area contributed by atoms with Gasteiger partial charge in [0.05, 0.1) is 5.69 Å². The van der Waals surface area contributed by atoms with E-state index in [1.54, 1.807) is 12.1 Å². The molecular weight excluding hydrogens is 172 g/mol. The molecule has 0 amide bonds. The minimum Gasteiger partial charge on any atom is -0.256 e. The molecule has 1 unspecified atom stereocenters. The lowest BCUT2D eigenvalue weighted by Gasteiger charge is -2.24. The molecule has 2 rings (SSSR count). The Hall–Kier alpha value is -1.25. The molecule has 0 fully saturated rings. The van der Waals surface area contributed by atoms with Crippen molar-refractivity contribution in [2.75, 3.05) is 0 Å². The van der Waals surface area contributed by atoms with Crippen molar-refractivity contribution >= 4 is 6.08 Å². The molecule has 1 atom stereocenters. The molecule has 0 aliphatic heterocycles. The largest absolute Gasteiger partial charge is 0.256 e. The van der Waals surface area contributed by atoms with E-state index >= 15 is 0 Å². The Labute approximate surface area is 75.1 Å². The van der Waals surface area contributed by atoms with Crippen LogP contribution in [0.3, 0.4) is 0 Å². The van der Waals surface area contributed by atoms with E-state index in [1.807, 2.05) is 0 Å². The number of nitrogens with zero attached hydrogens (tertiary/aromatic N) is 1. The minimum atomic E-state index is -1.62. The Morgan fingerprint density at radius 3 is 3.08 bits per heavy atom. The first-order valence-electron chi connectivity index (χ1n) is 4.10. The van der Waals surface area contributed by atoms with Crippen molar-refractivity contribution in [1.82, 2.24) is 4.98 Å². The molecule has 0 saturated carbocycles. The topological polar surface area (TPSA) is 12.9 Å². The number of fused-ring (bicyclic) bond motifs is 1. The van der Waals surface area contributed by atoms with Crippen LogP contribution in [-0.2, 0) is 5.67 Å². The van der Waals surface area contributed by atoms with Gasteiger partial charge in [0.15, 0.2) is 0 Å². The number of pyridine rings is 1. The molecule has 1 aliphatic carbocycles. The first kappa shape index (κ1) is 8.35. The first-order valence-corrected chi connectivity index (χ1v) is 4.10. The van der Waals surface area contributed by atoms with Gasteiger partial charge in [0, 0.05) is 18.2 Å². The summed E-state index contributed by atoms with van der Waals surface area (Å²) in [6.07, 6.45) is 2.63. The summed E-state index contributed by atoms with van der Waals surface area (Å²) in [5.41, 5.74) is -0.754. The predicted octanol–water partition coefficient (Wildman–Crippen LogP) is 2.98. The highest BCUT2D eigenvalue weighted by atomic mass is 19.1. The quantitative estimate of drug-likeness (QED) is 0.599. The summed E-state index contributed by atoms with van der Waals surface area (Å²) in [7, 11) is 0. The van der Waals surface area contributed by atoms with Gasteiger partial charge < -0.3 is 0 Å². The molecule has 0 spiro atoms. The number of aromatic nitrogens is 1. The molecule has 0 bridgehead atoms. The van der Waals surface area contributed by atoms with Gasteiger partial charge in [-0.25, -0.2) is 8.78 Å². The molecule has 0 aromatic carbocycles. The maximum Gasteiger partial charge on any atom is 0.141 e. The average molecular weight is 181 g/mol. The van der Waals surface area contributed by atoms with Crippen molar-refractivity contribution < 1.29 is 8.78 Å². The molecular formula is C10H9F2N. The Bertz CT molecular complexity index is 369. The van der Waals surface area contributed by atoms with Crippen LogP contribution in [0.1, 0.15) is 24.6 Å². The number of hydrogen-bond acceptors (Lipinski definition) is 1. The standard InChI is InChI=1S/C10H9F2N/c1-10(12)6-7(11)5-9-8(10)3-2-4-13-9/h2-5H,6H2,1H3. The van der Waals surface area contributed by atoms with Crippen molar-refractivity contribution in [1.29, 1.82) is 0 Å². The number of alkyl halides is 1. The summed E-state index contributed by atoms with van der Waals surface area (Å²) in [5.74, 6) is -0.448. The molecule has 1 aromatic rings. The molecule has 3 heteroatoms. The minimum absolute atomic E-state index is 0.189. The summed E-state index contributed by atoms with van der Waals surface area (Å²) in [6, 6.07) is 3.30. The summed E-state index contributed by atoms with van der Waals surface area (Å²) in [5, 5.41) is 0. The fourth-order valence-corrected chi connectivity index (χ4v) is 1.59. The van der Waals surface area contributed by atoms with Crippen LogP contribution in [0.2, 0.25) is 0 Å². The molecule has 1 aliphatic rings. The lowest BCUT2D eigenvalue weighted by Crippen LogP contribution is -2.20. The van der Waals surface area contributed by atoms with E-state index in [0.29, 0.717) is 11.3 Å². The van der Waals surface area contributed by atoms with Crippen LogP contribution in [0.25, 0.3) is 6.08 Å². The SMILES string of the molecule is CC1(F)CC(F)=Cc2ncccc21. The number of allylic oxidation sites excluding steroid dienone is 1. The molecule has 0 N–H and O–H groups in total. The Kier molecular flexibility index (Phi) is 1.68. The maximum absolute atomic E-state index is 13.8. The highest BCUT2D eigenvalue weighted by Gasteiger charge is 2.33. The van der Waals surface area contributed by atoms with Crippen LogP contribution in [0, 0.1) is 0 Å². The Morgan fingerprint density at radius 1 is 1.54 bits per heavy atom. The molecule has 68 valence electrons. The third kappa shape index (κ3) is 1.34. The summed E-state index contributed by atoms with van der Waals surface area (Å²) < 4.78 is 26.7. The zero-order valence-electron chi connectivity index (χ0n) is 7.22. The van der Waals surface area contributed by atoms with Gasteiger partial charge in [0.2, 0.25) is 0 Å². The van der Waals surface area contributed by atoms with E-state index < -0.39 is 11.5 Å². The first-order chi connectivity index (χ1) is 6.09. The average Bonchev–Trinajstić information content (AvgIpc) is 2.02. The molecule has 13 heavy (non-hydrogen) atoms. The van der Waals surface area contributed by atoms with Crippen LogP contribution < -0.4 is 0 Å². The lowest BCUT2D eigenvalue weighted by molar-refractivity contribution is 0.177. The molecule has 0 saturated heterocycles. The lowest BCUT2D eigenvalue weighted by atomic mass is 9.88. The van der Waals surface area contributed by atoms with Gasteiger partial charge in [-0.3, -0.25) is 4.98 Å². The normalized spacial score (nSPS) is 26.5. The van der Waals surface area contributed by atoms with E-state index in [0.717, 1.165) is 0 Å². The Balaban J connectivity index is 2.62. The molecule has 0 radical (unpaired) electrons. The zero-order valence-corrected chi connectivity index (χ0v) is 7.22. The predicted molar refractivity (Wildman–Crippen MR) is 46.4 cm³/mol. The highest BCUT2D eigenvalue weighted by Crippen LogP contribution is 2.39. The van der Waals surface area contributed by atoms with Gasteiger partial charge in [-0.2, -0.15) is 0 Å². The van der Waals surface area contributed by atoms with Crippen LogP contribution in [0.15, 0.2) is 24.2 Å². The van der Waals surface area contributed by atoms with Crippen molar-refractivity contribution in [3.05, 3.63) is 35.4 Å². The van der Waals surface area contributed by atoms with Crippen molar-refractivity contribution in [2.24, 2.45) is 0 Å². The molecule has 1 nitrogen and oxygen atoms in total. The Morgan fingerprint density at radius 2 is 2.31 bits per heavy atom. The van der Waals surface area contributed by atoms with E-state index in [4.69, 9.17) is 0 Å². The van der Waals surface area contributed by atoms with Gasteiger partial charge in [-0.1, -0.05) is 6.07 Å². The number of halogens is 2. The number of rotatable bonds is 0. The molecule has 1 heterocycles. The number of hydrogen-bond donors (Lipinski definition) is 0. The monoisotopic (exact) mass is 181 g/mol. The van der Waals surface area contributed by atoms with Gasteiger partial charge >= 0.3 is 0 Å².